The van der Waals surface area contributed by atoms with Gasteiger partial charge < -0.3 is 46.1 Å². The molecular weight excluding hydrogens is 744 g/mol. The van der Waals surface area contributed by atoms with Gasteiger partial charge in [0.1, 0.15) is 24.5 Å². The Balaban J connectivity index is 4.05. The zero-order valence-electron chi connectivity index (χ0n) is 34.2. The van der Waals surface area contributed by atoms with E-state index in [4.69, 9.17) is 14.6 Å². The predicted octanol–water partition coefficient (Wildman–Crippen LogP) is 3.89. The molecule has 0 aliphatic rings. The summed E-state index contributed by atoms with van der Waals surface area (Å²) in [6, 6.07) is -2.68. The number of carbonyl (C=O) groups excluding carboxylic acids is 5. The van der Waals surface area contributed by atoms with Gasteiger partial charge in [-0.25, -0.2) is 9.59 Å². The number of carboxylic acid groups (broad SMARTS) is 3. The fourth-order valence-corrected chi connectivity index (χ4v) is 5.72. The fraction of sp³-hybridized carbons (Fsp3) is 0.800. The largest absolute Gasteiger partial charge is 0.481 e. The molecule has 3 atom stereocenters. The average Bonchev–Trinajstić information content (AvgIpc) is 3.15. The molecule has 0 saturated carbocycles. The Bertz CT molecular complexity index is 1200. The van der Waals surface area contributed by atoms with Gasteiger partial charge in [0, 0.05) is 44.7 Å². The molecule has 0 saturated heterocycles. The van der Waals surface area contributed by atoms with Gasteiger partial charge in [-0.15, -0.1) is 0 Å². The minimum atomic E-state index is -1.37. The highest BCUT2D eigenvalue weighted by atomic mass is 16.5. The Morgan fingerprint density at radius 1 is 0.474 bits per heavy atom. The van der Waals surface area contributed by atoms with Gasteiger partial charge in [-0.3, -0.25) is 28.8 Å². The van der Waals surface area contributed by atoms with Crippen LogP contribution in [0, 0.1) is 5.92 Å². The molecule has 0 aliphatic carbocycles. The lowest BCUT2D eigenvalue weighted by molar-refractivity contribution is -0.143. The summed E-state index contributed by atoms with van der Waals surface area (Å²) in [5, 5.41) is 37.8. The molecule has 7 N–H and O–H groups in total. The quantitative estimate of drug-likeness (QED) is 0.0435. The zero-order valence-corrected chi connectivity index (χ0v) is 34.2. The third-order valence-electron chi connectivity index (χ3n) is 9.39. The summed E-state index contributed by atoms with van der Waals surface area (Å²) in [6.07, 6.45) is 13.7. The van der Waals surface area contributed by atoms with Gasteiger partial charge >= 0.3 is 17.9 Å². The molecule has 0 radical (unpaired) electrons. The highest BCUT2D eigenvalue weighted by Gasteiger charge is 2.24. The Labute approximate surface area is 337 Å². The molecule has 57 heavy (non-hydrogen) atoms. The smallest absolute Gasteiger partial charge is 0.326 e. The number of carboxylic acids is 3. The van der Waals surface area contributed by atoms with Crippen LogP contribution >= 0.6 is 0 Å². The first-order valence-electron chi connectivity index (χ1n) is 20.7. The van der Waals surface area contributed by atoms with E-state index in [1.165, 1.54) is 0 Å². The maximum atomic E-state index is 12.5. The Morgan fingerprint density at radius 3 is 1.44 bits per heavy atom. The third-order valence-corrected chi connectivity index (χ3v) is 9.39. The first kappa shape index (κ1) is 52.9. The van der Waals surface area contributed by atoms with Crippen LogP contribution in [0.5, 0.6) is 0 Å². The van der Waals surface area contributed by atoms with Crippen LogP contribution in [0.3, 0.4) is 0 Å². The molecule has 0 aromatic carbocycles. The Kier molecular flexibility index (Phi) is 32.5. The molecule has 0 heterocycles. The van der Waals surface area contributed by atoms with Crippen LogP contribution in [0.15, 0.2) is 0 Å². The van der Waals surface area contributed by atoms with E-state index in [0.29, 0.717) is 13.0 Å². The minimum absolute atomic E-state index is 0.0237. The van der Waals surface area contributed by atoms with Gasteiger partial charge in [-0.2, -0.15) is 0 Å². The second-order valence-electron chi connectivity index (χ2n) is 14.5. The highest BCUT2D eigenvalue weighted by molar-refractivity contribution is 5.86. The molecule has 0 unspecified atom stereocenters. The maximum Gasteiger partial charge on any atom is 0.326 e. The molecular formula is C40H70N4O13. The highest BCUT2D eigenvalue weighted by Crippen LogP contribution is 2.13. The number of unbranched alkanes of at least 4 members (excludes halogenated alkanes) is 12. The first-order chi connectivity index (χ1) is 27.2. The first-order valence-corrected chi connectivity index (χ1v) is 20.7. The normalized spacial score (nSPS) is 12.5. The third kappa shape index (κ3) is 33.7. The van der Waals surface area contributed by atoms with Crippen LogP contribution in [0.1, 0.15) is 149 Å². The van der Waals surface area contributed by atoms with E-state index in [1.54, 1.807) is 6.92 Å². The van der Waals surface area contributed by atoms with E-state index in [1.807, 2.05) is 6.92 Å². The van der Waals surface area contributed by atoms with Crippen molar-refractivity contribution in [2.45, 2.75) is 161 Å². The van der Waals surface area contributed by atoms with Gasteiger partial charge in [0.2, 0.25) is 23.6 Å². The lowest BCUT2D eigenvalue weighted by Crippen LogP contribution is -2.44. The van der Waals surface area contributed by atoms with Crippen LogP contribution in [0.2, 0.25) is 0 Å². The lowest BCUT2D eigenvalue weighted by Gasteiger charge is -2.17. The van der Waals surface area contributed by atoms with E-state index < -0.39 is 47.7 Å². The summed E-state index contributed by atoms with van der Waals surface area (Å²) in [6.45, 7) is 4.50. The molecule has 17 heteroatoms. The van der Waals surface area contributed by atoms with Crippen LogP contribution in [-0.2, 0) is 47.8 Å². The van der Waals surface area contributed by atoms with Crippen molar-refractivity contribution in [3.8, 4) is 0 Å². The number of hydrogen-bond acceptors (Lipinski definition) is 10. The van der Waals surface area contributed by atoms with Gasteiger partial charge in [-0.1, -0.05) is 77.6 Å². The zero-order chi connectivity index (χ0) is 42.7. The number of hydrogen-bond donors (Lipinski definition) is 7. The fourth-order valence-electron chi connectivity index (χ4n) is 5.72. The van der Waals surface area contributed by atoms with Gasteiger partial charge in [0.05, 0.1) is 19.8 Å². The van der Waals surface area contributed by atoms with Crippen molar-refractivity contribution in [3.63, 3.8) is 0 Å². The van der Waals surface area contributed by atoms with Crippen LogP contribution in [-0.4, -0.2) is 114 Å². The second-order valence-corrected chi connectivity index (χ2v) is 14.5. The van der Waals surface area contributed by atoms with Crippen molar-refractivity contribution < 1.29 is 63.1 Å². The number of ether oxygens (including phenoxy) is 2. The number of amides is 4. The van der Waals surface area contributed by atoms with E-state index in [9.17, 15) is 48.6 Å². The molecule has 0 spiro atoms. The summed E-state index contributed by atoms with van der Waals surface area (Å²) in [5.41, 5.74) is 0. The van der Waals surface area contributed by atoms with Crippen molar-refractivity contribution in [2.24, 2.45) is 5.92 Å². The standard InChI is InChI=1S/C40H70N4O13/c1-30(31(2)45)17-15-16-24-41-37(49)29-57-28-27-56-26-25-42-34(46)22-20-32(39(52)53)44-36(48)23-21-33(40(54)55)43-35(47)18-13-11-9-7-5-3-4-6-8-10-12-14-19-38(50)51/h30,32-33H,3-29H2,1-2H3,(H,41,49)(H,42,46)(H,43,47)(H,44,48)(H,50,51)(H,52,53)(H,54,55)/t30-,32-,33-/m0/s1. The van der Waals surface area contributed by atoms with E-state index in [0.717, 1.165) is 89.9 Å². The van der Waals surface area contributed by atoms with Crippen LogP contribution in [0.25, 0.3) is 0 Å². The van der Waals surface area contributed by atoms with Gasteiger partial charge in [0.25, 0.3) is 0 Å². The van der Waals surface area contributed by atoms with E-state index >= 15 is 0 Å². The van der Waals surface area contributed by atoms with Crippen molar-refractivity contribution >= 4 is 47.3 Å². The van der Waals surface area contributed by atoms with Crippen molar-refractivity contribution in [3.05, 3.63) is 0 Å². The Hall–Kier alpha value is -4.12. The summed E-state index contributed by atoms with van der Waals surface area (Å²) < 4.78 is 10.6. The molecule has 0 bridgehead atoms. The average molecular weight is 815 g/mol. The summed E-state index contributed by atoms with van der Waals surface area (Å²) in [4.78, 5) is 93.9. The lowest BCUT2D eigenvalue weighted by atomic mass is 10.0. The van der Waals surface area contributed by atoms with E-state index in [2.05, 4.69) is 21.3 Å². The molecule has 0 aromatic heterocycles. The van der Waals surface area contributed by atoms with E-state index in [-0.39, 0.29) is 89.1 Å². The van der Waals surface area contributed by atoms with Gasteiger partial charge in [0.15, 0.2) is 0 Å². The molecule has 0 rings (SSSR count). The number of rotatable bonds is 39. The molecule has 0 aliphatic heterocycles. The molecule has 4 amide bonds. The molecule has 17 nitrogen and oxygen atoms in total. The number of Topliss-reactive ketones (excluding diaryl/α,β-unsaturated/α-hetero) is 1. The molecule has 0 aromatic rings. The molecule has 328 valence electrons. The maximum absolute atomic E-state index is 12.5. The number of aliphatic carboxylic acids is 3. The topological polar surface area (TPSA) is 264 Å². The number of ketones is 1. The van der Waals surface area contributed by atoms with Crippen molar-refractivity contribution in [2.75, 3.05) is 39.5 Å². The molecule has 0 fully saturated rings. The van der Waals surface area contributed by atoms with Crippen molar-refractivity contribution in [1.29, 1.82) is 0 Å². The summed E-state index contributed by atoms with van der Waals surface area (Å²) >= 11 is 0. The Morgan fingerprint density at radius 2 is 0.930 bits per heavy atom. The van der Waals surface area contributed by atoms with Crippen molar-refractivity contribution in [1.82, 2.24) is 21.3 Å². The number of nitrogens with one attached hydrogen (secondary N) is 4. The number of carbonyl (C=O) groups is 8. The van der Waals surface area contributed by atoms with Crippen LogP contribution in [0.4, 0.5) is 0 Å². The summed E-state index contributed by atoms with van der Waals surface area (Å²) in [7, 11) is 0. The SMILES string of the molecule is CC(=O)[C@@H](C)CCCCNC(=O)COCCOCCNC(=O)CC[C@H](NC(=O)CC[C@H](NC(=O)CCCCCCCCCCCCCCC(=O)O)C(=O)O)C(=O)O. The van der Waals surface area contributed by atoms with Gasteiger partial charge in [-0.05, 0) is 45.4 Å². The second kappa shape index (κ2) is 35.1. The minimum Gasteiger partial charge on any atom is -0.481 e. The summed E-state index contributed by atoms with van der Waals surface area (Å²) in [5.74, 6) is -5.07. The van der Waals surface area contributed by atoms with Crippen LogP contribution < -0.4 is 21.3 Å². The predicted molar refractivity (Wildman–Crippen MR) is 211 cm³/mol. The monoisotopic (exact) mass is 814 g/mol.